The topological polar surface area (TPSA) is 54.5 Å². The van der Waals surface area contributed by atoms with Crippen molar-refractivity contribution in [1.82, 2.24) is 10.3 Å². The summed E-state index contributed by atoms with van der Waals surface area (Å²) < 4.78 is 5.52. The van der Waals surface area contributed by atoms with Gasteiger partial charge in [0.2, 0.25) is 5.91 Å². The van der Waals surface area contributed by atoms with Crippen LogP contribution >= 0.6 is 0 Å². The molecule has 4 rings (SSSR count). The summed E-state index contributed by atoms with van der Waals surface area (Å²) in [7, 11) is 0. The number of pyridine rings is 1. The standard InChI is InChI=1S/C25H27N3O2/c1-19-18-30-14-13-28(19)24-11-8-21(9-12-24)22-7-10-23(26-17-22)15-25(29)27-16-20-5-3-2-4-6-20/h2-12,17,19H,13-16,18H2,1H3,(H,27,29)/t19-/m0/s1. The van der Waals surface area contributed by atoms with Gasteiger partial charge in [-0.2, -0.15) is 0 Å². The van der Waals surface area contributed by atoms with Gasteiger partial charge in [-0.05, 0) is 36.2 Å². The van der Waals surface area contributed by atoms with Gasteiger partial charge in [0, 0.05) is 42.3 Å². The number of anilines is 1. The van der Waals surface area contributed by atoms with Crippen molar-refractivity contribution in [2.75, 3.05) is 24.7 Å². The molecule has 154 valence electrons. The highest BCUT2D eigenvalue weighted by Gasteiger charge is 2.18. The highest BCUT2D eigenvalue weighted by atomic mass is 16.5. The molecule has 0 aliphatic carbocycles. The second-order valence-electron chi connectivity index (χ2n) is 7.64. The molecular formula is C25H27N3O2. The van der Waals surface area contributed by atoms with Crippen LogP contribution in [0.5, 0.6) is 0 Å². The molecule has 1 fully saturated rings. The molecule has 0 bridgehead atoms. The van der Waals surface area contributed by atoms with Crippen LogP contribution in [0.1, 0.15) is 18.2 Å². The van der Waals surface area contributed by atoms with Crippen LogP contribution in [-0.2, 0) is 22.5 Å². The number of benzene rings is 2. The van der Waals surface area contributed by atoms with Crippen LogP contribution in [0.25, 0.3) is 11.1 Å². The summed E-state index contributed by atoms with van der Waals surface area (Å²) in [5.74, 6) is -0.0249. The Hall–Kier alpha value is -3.18. The second kappa shape index (κ2) is 9.55. The highest BCUT2D eigenvalue weighted by Crippen LogP contribution is 2.25. The van der Waals surface area contributed by atoms with Gasteiger partial charge in [-0.3, -0.25) is 9.78 Å². The van der Waals surface area contributed by atoms with Crippen LogP contribution in [0.3, 0.4) is 0 Å². The Morgan fingerprint density at radius 2 is 1.83 bits per heavy atom. The molecule has 30 heavy (non-hydrogen) atoms. The molecule has 1 N–H and O–H groups in total. The first-order valence-corrected chi connectivity index (χ1v) is 10.4. The zero-order chi connectivity index (χ0) is 20.8. The molecule has 0 spiro atoms. The van der Waals surface area contributed by atoms with E-state index in [1.54, 1.807) is 0 Å². The van der Waals surface area contributed by atoms with Gasteiger partial charge in [-0.25, -0.2) is 0 Å². The second-order valence-corrected chi connectivity index (χ2v) is 7.64. The first-order valence-electron chi connectivity index (χ1n) is 10.4. The Bertz CT molecular complexity index is 956. The molecule has 2 heterocycles. The predicted molar refractivity (Wildman–Crippen MR) is 119 cm³/mol. The quantitative estimate of drug-likeness (QED) is 0.682. The summed E-state index contributed by atoms with van der Waals surface area (Å²) in [6, 6.07) is 22.8. The molecule has 1 aliphatic heterocycles. The summed E-state index contributed by atoms with van der Waals surface area (Å²) in [5.41, 5.74) is 5.23. The minimum Gasteiger partial charge on any atom is -0.377 e. The number of nitrogens with one attached hydrogen (secondary N) is 1. The number of amides is 1. The molecule has 0 saturated carbocycles. The van der Waals surface area contributed by atoms with Crippen molar-refractivity contribution < 1.29 is 9.53 Å². The van der Waals surface area contributed by atoms with Gasteiger partial charge in [0.05, 0.1) is 19.6 Å². The van der Waals surface area contributed by atoms with Gasteiger partial charge in [0.15, 0.2) is 0 Å². The lowest BCUT2D eigenvalue weighted by molar-refractivity contribution is -0.120. The zero-order valence-electron chi connectivity index (χ0n) is 17.3. The Balaban J connectivity index is 1.34. The number of nitrogens with zero attached hydrogens (tertiary/aromatic N) is 2. The third kappa shape index (κ3) is 5.05. The molecular weight excluding hydrogens is 374 g/mol. The van der Waals surface area contributed by atoms with Crippen molar-refractivity contribution >= 4 is 11.6 Å². The molecule has 1 amide bonds. The molecule has 3 aromatic rings. The van der Waals surface area contributed by atoms with Crippen LogP contribution in [-0.4, -0.2) is 36.7 Å². The summed E-state index contributed by atoms with van der Waals surface area (Å²) in [4.78, 5) is 19.1. The molecule has 0 unspecified atom stereocenters. The fourth-order valence-corrected chi connectivity index (χ4v) is 3.68. The summed E-state index contributed by atoms with van der Waals surface area (Å²) in [6.07, 6.45) is 2.12. The van der Waals surface area contributed by atoms with E-state index in [1.165, 1.54) is 5.69 Å². The van der Waals surface area contributed by atoms with E-state index in [2.05, 4.69) is 46.4 Å². The lowest BCUT2D eigenvalue weighted by Crippen LogP contribution is -2.43. The largest absolute Gasteiger partial charge is 0.377 e. The third-order valence-electron chi connectivity index (χ3n) is 5.40. The predicted octanol–water partition coefficient (Wildman–Crippen LogP) is 3.83. The Kier molecular flexibility index (Phi) is 6.40. The van der Waals surface area contributed by atoms with E-state index in [-0.39, 0.29) is 12.3 Å². The number of morpholine rings is 1. The number of aromatic nitrogens is 1. The van der Waals surface area contributed by atoms with Crippen LogP contribution in [0.4, 0.5) is 5.69 Å². The van der Waals surface area contributed by atoms with Crippen LogP contribution in [0.2, 0.25) is 0 Å². The molecule has 5 nitrogen and oxygen atoms in total. The number of rotatable bonds is 6. The van der Waals surface area contributed by atoms with E-state index >= 15 is 0 Å². The average Bonchev–Trinajstić information content (AvgIpc) is 2.79. The van der Waals surface area contributed by atoms with Crippen LogP contribution < -0.4 is 10.2 Å². The summed E-state index contributed by atoms with van der Waals surface area (Å²) in [5, 5.41) is 2.94. The van der Waals surface area contributed by atoms with Gasteiger partial charge < -0.3 is 15.0 Å². The van der Waals surface area contributed by atoms with Crippen molar-refractivity contribution in [3.8, 4) is 11.1 Å². The maximum atomic E-state index is 12.2. The Labute approximate surface area is 177 Å². The first kappa shape index (κ1) is 20.1. The molecule has 0 radical (unpaired) electrons. The maximum absolute atomic E-state index is 12.2. The number of hydrogen-bond acceptors (Lipinski definition) is 4. The molecule has 1 aromatic heterocycles. The molecule has 1 aliphatic rings. The number of carbonyl (C=O) groups is 1. The lowest BCUT2D eigenvalue weighted by atomic mass is 10.1. The van der Waals surface area contributed by atoms with E-state index in [0.29, 0.717) is 12.6 Å². The van der Waals surface area contributed by atoms with E-state index < -0.39 is 0 Å². The van der Waals surface area contributed by atoms with E-state index in [0.717, 1.165) is 42.1 Å². The number of ether oxygens (including phenoxy) is 1. The average molecular weight is 402 g/mol. The minimum absolute atomic E-state index is 0.0249. The lowest BCUT2D eigenvalue weighted by Gasteiger charge is -2.35. The highest BCUT2D eigenvalue weighted by molar-refractivity contribution is 5.78. The van der Waals surface area contributed by atoms with Crippen molar-refractivity contribution in [2.24, 2.45) is 0 Å². The van der Waals surface area contributed by atoms with Crippen molar-refractivity contribution in [2.45, 2.75) is 25.9 Å². The Morgan fingerprint density at radius 1 is 1.07 bits per heavy atom. The minimum atomic E-state index is -0.0249. The van der Waals surface area contributed by atoms with Crippen LogP contribution in [0, 0.1) is 0 Å². The van der Waals surface area contributed by atoms with Gasteiger partial charge in [0.1, 0.15) is 0 Å². The molecule has 1 atom stereocenters. The molecule has 5 heteroatoms. The Morgan fingerprint density at radius 3 is 2.53 bits per heavy atom. The smallest absolute Gasteiger partial charge is 0.226 e. The van der Waals surface area contributed by atoms with E-state index in [9.17, 15) is 4.79 Å². The molecule has 1 saturated heterocycles. The van der Waals surface area contributed by atoms with Gasteiger partial charge in [0.25, 0.3) is 0 Å². The fraction of sp³-hybridized carbons (Fsp3) is 0.280. The summed E-state index contributed by atoms with van der Waals surface area (Å²) >= 11 is 0. The van der Waals surface area contributed by atoms with Gasteiger partial charge in [-0.15, -0.1) is 0 Å². The fourth-order valence-electron chi connectivity index (χ4n) is 3.68. The van der Waals surface area contributed by atoms with Crippen molar-refractivity contribution in [3.05, 3.63) is 84.2 Å². The van der Waals surface area contributed by atoms with E-state index in [4.69, 9.17) is 4.74 Å². The van der Waals surface area contributed by atoms with Gasteiger partial charge in [-0.1, -0.05) is 48.5 Å². The third-order valence-corrected chi connectivity index (χ3v) is 5.40. The number of carbonyl (C=O) groups excluding carboxylic acids is 1. The SMILES string of the molecule is C[C@H]1COCCN1c1ccc(-c2ccc(CC(=O)NCc3ccccc3)nc2)cc1. The first-order chi connectivity index (χ1) is 14.7. The zero-order valence-corrected chi connectivity index (χ0v) is 17.3. The van der Waals surface area contributed by atoms with Crippen molar-refractivity contribution in [3.63, 3.8) is 0 Å². The van der Waals surface area contributed by atoms with Crippen LogP contribution in [0.15, 0.2) is 72.9 Å². The summed E-state index contributed by atoms with van der Waals surface area (Å²) in [6.45, 7) is 5.18. The van der Waals surface area contributed by atoms with Crippen molar-refractivity contribution in [1.29, 1.82) is 0 Å². The maximum Gasteiger partial charge on any atom is 0.226 e. The van der Waals surface area contributed by atoms with E-state index in [1.807, 2.05) is 48.7 Å². The van der Waals surface area contributed by atoms with Gasteiger partial charge >= 0.3 is 0 Å². The normalized spacial score (nSPS) is 16.3. The monoisotopic (exact) mass is 401 g/mol. The number of hydrogen-bond donors (Lipinski definition) is 1. The molecule has 2 aromatic carbocycles.